The fourth-order valence-corrected chi connectivity index (χ4v) is 4.03. The van der Waals surface area contributed by atoms with Crippen molar-refractivity contribution in [3.63, 3.8) is 0 Å². The molecule has 0 fully saturated rings. The molecule has 148 valence electrons. The number of nitrogens with zero attached hydrogens (tertiary/aromatic N) is 1. The second-order valence-electron chi connectivity index (χ2n) is 6.21. The van der Waals surface area contributed by atoms with Crippen LogP contribution < -0.4 is 9.62 Å². The molecule has 1 aromatic rings. The summed E-state index contributed by atoms with van der Waals surface area (Å²) < 4.78 is 25.3. The smallest absolute Gasteiger partial charge is 0.240 e. The lowest BCUT2D eigenvalue weighted by atomic mass is 9.99. The third-order valence-corrected chi connectivity index (χ3v) is 6.23. The van der Waals surface area contributed by atoms with Crippen molar-refractivity contribution in [3.05, 3.63) is 27.2 Å². The Bertz CT molecular complexity index is 726. The number of unbranched alkanes of at least 4 members (excludes halogenated alkanes) is 1. The third-order valence-electron chi connectivity index (χ3n) is 4.08. The zero-order chi connectivity index (χ0) is 19.9. The number of halogens is 3. The minimum Gasteiger partial charge on any atom is -0.354 e. The molecule has 9 heteroatoms. The first kappa shape index (κ1) is 23.3. The van der Waals surface area contributed by atoms with Crippen molar-refractivity contribution in [3.8, 4) is 0 Å². The van der Waals surface area contributed by atoms with Crippen molar-refractivity contribution in [2.24, 2.45) is 5.92 Å². The summed E-state index contributed by atoms with van der Waals surface area (Å²) in [5, 5.41) is 3.28. The number of rotatable bonds is 10. The van der Waals surface area contributed by atoms with Gasteiger partial charge in [-0.05, 0) is 24.5 Å². The van der Waals surface area contributed by atoms with Crippen LogP contribution in [0.15, 0.2) is 12.1 Å². The van der Waals surface area contributed by atoms with E-state index in [-0.39, 0.29) is 27.3 Å². The number of benzene rings is 1. The van der Waals surface area contributed by atoms with Crippen LogP contribution in [-0.4, -0.2) is 33.7 Å². The number of anilines is 1. The van der Waals surface area contributed by atoms with Crippen molar-refractivity contribution >= 4 is 56.4 Å². The van der Waals surface area contributed by atoms with Crippen LogP contribution in [0, 0.1) is 5.92 Å². The highest BCUT2D eigenvalue weighted by Crippen LogP contribution is 2.35. The van der Waals surface area contributed by atoms with Crippen molar-refractivity contribution in [1.82, 2.24) is 5.32 Å². The van der Waals surface area contributed by atoms with E-state index >= 15 is 0 Å². The largest absolute Gasteiger partial charge is 0.354 e. The zero-order valence-corrected chi connectivity index (χ0v) is 18.3. The van der Waals surface area contributed by atoms with Gasteiger partial charge in [0.25, 0.3) is 0 Å². The molecule has 1 aromatic carbocycles. The maximum absolute atomic E-state index is 12.3. The number of carbonyl (C=O) groups is 1. The summed E-state index contributed by atoms with van der Waals surface area (Å²) in [6.45, 7) is 4.34. The number of nitrogens with one attached hydrogen (secondary N) is 1. The molecule has 0 radical (unpaired) electrons. The van der Waals surface area contributed by atoms with E-state index in [0.29, 0.717) is 12.5 Å². The topological polar surface area (TPSA) is 66.5 Å². The van der Waals surface area contributed by atoms with Crippen LogP contribution in [0.4, 0.5) is 5.69 Å². The number of amides is 1. The Kier molecular flexibility index (Phi) is 9.51. The van der Waals surface area contributed by atoms with Gasteiger partial charge in [-0.3, -0.25) is 9.10 Å². The van der Waals surface area contributed by atoms with E-state index in [2.05, 4.69) is 19.2 Å². The molecule has 0 bridgehead atoms. The molecule has 1 N–H and O–H groups in total. The average Bonchev–Trinajstić information content (AvgIpc) is 2.55. The van der Waals surface area contributed by atoms with Crippen molar-refractivity contribution in [2.45, 2.75) is 39.5 Å². The van der Waals surface area contributed by atoms with E-state index in [1.807, 2.05) is 0 Å². The number of hydrogen-bond donors (Lipinski definition) is 1. The van der Waals surface area contributed by atoms with Crippen molar-refractivity contribution in [2.75, 3.05) is 23.7 Å². The Hall–Kier alpha value is -0.690. The van der Waals surface area contributed by atoms with Crippen LogP contribution >= 0.6 is 34.8 Å². The fourth-order valence-electron chi connectivity index (χ4n) is 2.47. The van der Waals surface area contributed by atoms with Gasteiger partial charge in [-0.25, -0.2) is 8.42 Å². The highest BCUT2D eigenvalue weighted by atomic mass is 35.5. The molecule has 0 heterocycles. The molecule has 1 atom stereocenters. The molecule has 0 aliphatic rings. The van der Waals surface area contributed by atoms with Crippen LogP contribution in [-0.2, 0) is 14.8 Å². The standard InChI is InChI=1S/C17H25Cl3N2O3S/c1-4-6-7-12(5-2)10-21-17(23)11-22(26(3,24)25)16-9-14(19)13(18)8-15(16)20/h8-9,12H,4-7,10-11H2,1-3H3,(H,21,23). The van der Waals surface area contributed by atoms with E-state index < -0.39 is 15.9 Å². The van der Waals surface area contributed by atoms with E-state index in [1.165, 1.54) is 12.1 Å². The number of sulfonamides is 1. The van der Waals surface area contributed by atoms with Crippen LogP contribution in [0.25, 0.3) is 0 Å². The predicted octanol–water partition coefficient (Wildman–Crippen LogP) is 4.75. The molecule has 0 aliphatic carbocycles. The summed E-state index contributed by atoms with van der Waals surface area (Å²) in [5.74, 6) is -0.0216. The summed E-state index contributed by atoms with van der Waals surface area (Å²) in [4.78, 5) is 12.3. The van der Waals surface area contributed by atoms with Gasteiger partial charge in [-0.1, -0.05) is 67.9 Å². The third kappa shape index (κ3) is 7.14. The Morgan fingerprint density at radius 3 is 2.31 bits per heavy atom. The predicted molar refractivity (Wildman–Crippen MR) is 110 cm³/mol. The monoisotopic (exact) mass is 442 g/mol. The average molecular weight is 444 g/mol. The lowest BCUT2D eigenvalue weighted by Crippen LogP contribution is -2.41. The quantitative estimate of drug-likeness (QED) is 0.531. The van der Waals surface area contributed by atoms with E-state index in [1.54, 1.807) is 0 Å². The lowest BCUT2D eigenvalue weighted by Gasteiger charge is -2.24. The van der Waals surface area contributed by atoms with Crippen molar-refractivity contribution < 1.29 is 13.2 Å². The van der Waals surface area contributed by atoms with Gasteiger partial charge < -0.3 is 5.32 Å². The first-order valence-corrected chi connectivity index (χ1v) is 11.5. The van der Waals surface area contributed by atoms with Crippen LogP contribution in [0.3, 0.4) is 0 Å². The molecule has 0 aliphatic heterocycles. The number of hydrogen-bond acceptors (Lipinski definition) is 3. The molecule has 1 amide bonds. The van der Waals surface area contributed by atoms with E-state index in [9.17, 15) is 13.2 Å². The normalized spacial score (nSPS) is 12.7. The minimum absolute atomic E-state index is 0.104. The summed E-state index contributed by atoms with van der Waals surface area (Å²) in [5.41, 5.74) is 0.122. The molecular formula is C17H25Cl3N2O3S. The molecule has 0 aromatic heterocycles. The van der Waals surface area contributed by atoms with Crippen molar-refractivity contribution in [1.29, 1.82) is 0 Å². The van der Waals surface area contributed by atoms with E-state index in [0.717, 1.165) is 36.2 Å². The van der Waals surface area contributed by atoms with Gasteiger partial charge in [0, 0.05) is 6.54 Å². The second kappa shape index (κ2) is 10.6. The molecule has 26 heavy (non-hydrogen) atoms. The summed E-state index contributed by atoms with van der Waals surface area (Å²) >= 11 is 18.0. The Morgan fingerprint density at radius 1 is 1.15 bits per heavy atom. The highest BCUT2D eigenvalue weighted by Gasteiger charge is 2.24. The molecule has 5 nitrogen and oxygen atoms in total. The van der Waals surface area contributed by atoms with Crippen LogP contribution in [0.1, 0.15) is 39.5 Å². The van der Waals surface area contributed by atoms with Gasteiger partial charge >= 0.3 is 0 Å². The second-order valence-corrected chi connectivity index (χ2v) is 9.34. The lowest BCUT2D eigenvalue weighted by molar-refractivity contribution is -0.119. The molecule has 0 spiro atoms. The Morgan fingerprint density at radius 2 is 1.77 bits per heavy atom. The van der Waals surface area contributed by atoms with Crippen LogP contribution in [0.5, 0.6) is 0 Å². The molecular weight excluding hydrogens is 419 g/mol. The molecule has 1 unspecified atom stereocenters. The Labute approximate surface area is 171 Å². The molecule has 1 rings (SSSR count). The SMILES string of the molecule is CCCCC(CC)CNC(=O)CN(c1cc(Cl)c(Cl)cc1Cl)S(C)(=O)=O. The first-order valence-electron chi connectivity index (χ1n) is 8.49. The van der Waals surface area contributed by atoms with E-state index in [4.69, 9.17) is 34.8 Å². The minimum atomic E-state index is -3.74. The molecule has 0 saturated heterocycles. The first-order chi connectivity index (χ1) is 12.1. The molecule has 0 saturated carbocycles. The summed E-state index contributed by atoms with van der Waals surface area (Å²) in [7, 11) is -3.74. The highest BCUT2D eigenvalue weighted by molar-refractivity contribution is 7.92. The van der Waals surface area contributed by atoms with Gasteiger partial charge in [-0.15, -0.1) is 0 Å². The van der Waals surface area contributed by atoms with Gasteiger partial charge in [0.2, 0.25) is 15.9 Å². The van der Waals surface area contributed by atoms with Gasteiger partial charge in [0.15, 0.2) is 0 Å². The number of carbonyl (C=O) groups excluding carboxylic acids is 1. The Balaban J connectivity index is 2.90. The van der Waals surface area contributed by atoms with Gasteiger partial charge in [0.05, 0.1) is 27.0 Å². The summed E-state index contributed by atoms with van der Waals surface area (Å²) in [6.07, 6.45) is 5.19. The maximum atomic E-state index is 12.3. The van der Waals surface area contributed by atoms with Crippen LogP contribution in [0.2, 0.25) is 15.1 Å². The fraction of sp³-hybridized carbons (Fsp3) is 0.588. The van der Waals surface area contributed by atoms with Gasteiger partial charge in [0.1, 0.15) is 6.54 Å². The maximum Gasteiger partial charge on any atom is 0.240 e. The summed E-state index contributed by atoms with van der Waals surface area (Å²) in [6, 6.07) is 2.70. The van der Waals surface area contributed by atoms with Gasteiger partial charge in [-0.2, -0.15) is 0 Å². The zero-order valence-electron chi connectivity index (χ0n) is 15.2.